The molecule has 0 spiro atoms. The van der Waals surface area contributed by atoms with E-state index in [1.165, 1.54) is 0 Å². The molecule has 1 atom stereocenters. The molecule has 0 aromatic carbocycles. The first-order valence-corrected chi connectivity index (χ1v) is 9.61. The Kier molecular flexibility index (Phi) is 9.81. The van der Waals surface area contributed by atoms with E-state index in [-0.39, 0.29) is 0 Å². The minimum absolute atomic E-state index is 0.606. The Hall–Kier alpha value is -2.27. The number of nitrogens with one attached hydrogen (secondary N) is 1. The van der Waals surface area contributed by atoms with Crippen LogP contribution in [0.2, 0.25) is 0 Å². The van der Waals surface area contributed by atoms with Gasteiger partial charge in [-0.05, 0) is 12.8 Å². The SMILES string of the molecule is C=CCNC(=O)C(OCCCCC(F)(F)C(F)(F)S(=O)(=O)O)(OC(=O)C(=C)F)C(F)(F)F. The topological polar surface area (TPSA) is 119 Å². The van der Waals surface area contributed by atoms with Crippen LogP contribution < -0.4 is 5.32 Å². The fourth-order valence-corrected chi connectivity index (χ4v) is 2.36. The van der Waals surface area contributed by atoms with Crippen molar-refractivity contribution in [1.82, 2.24) is 5.32 Å². The monoisotopic (exact) mass is 507 g/mol. The van der Waals surface area contributed by atoms with Crippen LogP contribution in [-0.4, -0.2) is 61.1 Å². The summed E-state index contributed by atoms with van der Waals surface area (Å²) in [6, 6.07) is 0. The molecule has 0 aromatic rings. The third-order valence-corrected chi connectivity index (χ3v) is 4.42. The van der Waals surface area contributed by atoms with Crippen LogP contribution in [0.3, 0.4) is 0 Å². The Labute approximate surface area is 176 Å². The predicted octanol–water partition coefficient (Wildman–Crippen LogP) is 2.88. The third kappa shape index (κ3) is 6.86. The fourth-order valence-electron chi connectivity index (χ4n) is 1.88. The summed E-state index contributed by atoms with van der Waals surface area (Å²) in [6.45, 7) is 3.55. The van der Waals surface area contributed by atoms with Gasteiger partial charge >= 0.3 is 45.1 Å². The highest BCUT2D eigenvalue weighted by Gasteiger charge is 2.67. The first kappa shape index (κ1) is 29.7. The number of hydrogen-bond donors (Lipinski definition) is 2. The first-order valence-electron chi connectivity index (χ1n) is 8.17. The van der Waals surface area contributed by atoms with E-state index in [2.05, 4.69) is 22.6 Å². The van der Waals surface area contributed by atoms with Gasteiger partial charge in [-0.2, -0.15) is 43.5 Å². The molecule has 32 heavy (non-hydrogen) atoms. The molecule has 0 aromatic heterocycles. The van der Waals surface area contributed by atoms with Gasteiger partial charge in [0.05, 0.1) is 6.61 Å². The summed E-state index contributed by atoms with van der Waals surface area (Å²) in [6.07, 6.45) is -8.91. The minimum atomic E-state index is -6.51. The van der Waals surface area contributed by atoms with Crippen molar-refractivity contribution in [2.75, 3.05) is 13.2 Å². The van der Waals surface area contributed by atoms with Crippen molar-refractivity contribution in [3.05, 3.63) is 25.1 Å². The van der Waals surface area contributed by atoms with Crippen LogP contribution in [0.4, 0.5) is 35.1 Å². The molecule has 1 unspecified atom stereocenters. The summed E-state index contributed by atoms with van der Waals surface area (Å²) in [7, 11) is -6.51. The lowest BCUT2D eigenvalue weighted by atomic mass is 10.1. The van der Waals surface area contributed by atoms with Gasteiger partial charge in [0.2, 0.25) is 5.83 Å². The highest BCUT2D eigenvalue weighted by atomic mass is 32.2. The molecule has 186 valence electrons. The molecule has 0 heterocycles. The first-order chi connectivity index (χ1) is 14.3. The molecular weight excluding hydrogens is 490 g/mol. The van der Waals surface area contributed by atoms with E-state index in [0.717, 1.165) is 6.08 Å². The largest absolute Gasteiger partial charge is 0.466 e. The van der Waals surface area contributed by atoms with Gasteiger partial charge < -0.3 is 14.8 Å². The summed E-state index contributed by atoms with van der Waals surface area (Å²) in [4.78, 5) is 23.2. The number of unbranched alkanes of at least 4 members (excludes halogenated alkanes) is 1. The predicted molar refractivity (Wildman–Crippen MR) is 89.6 cm³/mol. The van der Waals surface area contributed by atoms with Gasteiger partial charge in [0.15, 0.2) is 0 Å². The normalized spacial score (nSPS) is 14.9. The van der Waals surface area contributed by atoms with Crippen molar-refractivity contribution in [3.63, 3.8) is 0 Å². The standard InChI is InChI=1S/C15H17F8NO7S/c1-3-7-24-11(26)13(14(19,20)21,31-10(25)9(2)16)30-8-5-4-6-12(17,18)15(22,23)32(27,28)29/h3H,1-2,4-8H2,(H,24,26)(H,27,28,29). The molecule has 0 saturated heterocycles. The van der Waals surface area contributed by atoms with Crippen molar-refractivity contribution in [3.8, 4) is 0 Å². The number of esters is 1. The van der Waals surface area contributed by atoms with E-state index in [0.29, 0.717) is 0 Å². The smallest absolute Gasteiger partial charge is 0.410 e. The zero-order valence-corrected chi connectivity index (χ0v) is 16.7. The van der Waals surface area contributed by atoms with Gasteiger partial charge in [0, 0.05) is 13.0 Å². The van der Waals surface area contributed by atoms with Gasteiger partial charge in [-0.1, -0.05) is 12.7 Å². The molecule has 2 N–H and O–H groups in total. The highest BCUT2D eigenvalue weighted by Crippen LogP contribution is 2.42. The number of amides is 1. The molecule has 1 amide bonds. The van der Waals surface area contributed by atoms with Crippen molar-refractivity contribution < 1.29 is 67.2 Å². The molecule has 0 aliphatic rings. The van der Waals surface area contributed by atoms with Crippen LogP contribution in [0.1, 0.15) is 19.3 Å². The van der Waals surface area contributed by atoms with Crippen molar-refractivity contribution in [1.29, 1.82) is 0 Å². The quantitative estimate of drug-likeness (QED) is 0.0749. The molecular formula is C15H17F8NO7S. The van der Waals surface area contributed by atoms with Crippen LogP contribution in [0.25, 0.3) is 0 Å². The van der Waals surface area contributed by atoms with Crippen LogP contribution >= 0.6 is 0 Å². The van der Waals surface area contributed by atoms with Crippen molar-refractivity contribution >= 4 is 22.0 Å². The number of halogens is 8. The summed E-state index contributed by atoms with van der Waals surface area (Å²) < 4.78 is 143. The molecule has 8 nitrogen and oxygen atoms in total. The minimum Gasteiger partial charge on any atom is -0.410 e. The molecule has 0 radical (unpaired) electrons. The molecule has 0 aliphatic heterocycles. The fraction of sp³-hybridized carbons (Fsp3) is 0.600. The number of hydrogen-bond acceptors (Lipinski definition) is 6. The molecule has 0 rings (SSSR count). The zero-order valence-electron chi connectivity index (χ0n) is 15.9. The maximum Gasteiger partial charge on any atom is 0.466 e. The second-order valence-electron chi connectivity index (χ2n) is 5.91. The van der Waals surface area contributed by atoms with Gasteiger partial charge in [-0.15, -0.1) is 6.58 Å². The molecule has 0 fully saturated rings. The van der Waals surface area contributed by atoms with E-state index >= 15 is 0 Å². The summed E-state index contributed by atoms with van der Waals surface area (Å²) in [5, 5.41) is -4.31. The second kappa shape index (κ2) is 10.6. The lowest BCUT2D eigenvalue weighted by Gasteiger charge is -2.32. The lowest BCUT2D eigenvalue weighted by molar-refractivity contribution is -0.347. The van der Waals surface area contributed by atoms with Crippen molar-refractivity contribution in [2.45, 2.75) is 42.4 Å². The number of carbonyl (C=O) groups is 2. The molecule has 17 heteroatoms. The van der Waals surface area contributed by atoms with Crippen LogP contribution in [0, 0.1) is 0 Å². The maximum absolute atomic E-state index is 13.5. The van der Waals surface area contributed by atoms with Gasteiger partial charge in [0.25, 0.3) is 0 Å². The number of ether oxygens (including phenoxy) is 2. The van der Waals surface area contributed by atoms with E-state index in [4.69, 9.17) is 4.55 Å². The third-order valence-electron chi connectivity index (χ3n) is 3.48. The highest BCUT2D eigenvalue weighted by molar-refractivity contribution is 7.87. The van der Waals surface area contributed by atoms with E-state index in [1.807, 2.05) is 0 Å². The van der Waals surface area contributed by atoms with Gasteiger partial charge in [-0.25, -0.2) is 4.79 Å². The van der Waals surface area contributed by atoms with E-state index < -0.39 is 83.4 Å². The Morgan fingerprint density at radius 3 is 2.00 bits per heavy atom. The summed E-state index contributed by atoms with van der Waals surface area (Å²) >= 11 is 0. The number of carbonyl (C=O) groups excluding carboxylic acids is 2. The number of alkyl halides is 7. The summed E-state index contributed by atoms with van der Waals surface area (Å²) in [5.41, 5.74) is 0. The average Bonchev–Trinajstić information content (AvgIpc) is 2.62. The Balaban J connectivity index is 5.51. The van der Waals surface area contributed by atoms with Crippen molar-refractivity contribution in [2.24, 2.45) is 0 Å². The van der Waals surface area contributed by atoms with Gasteiger partial charge in [0.1, 0.15) is 0 Å². The number of rotatable bonds is 13. The zero-order chi connectivity index (χ0) is 25.6. The molecule has 0 saturated carbocycles. The van der Waals surface area contributed by atoms with Crippen LogP contribution in [-0.2, 0) is 29.2 Å². The Bertz CT molecular complexity index is 828. The molecule has 0 bridgehead atoms. The Morgan fingerprint density at radius 2 is 1.59 bits per heavy atom. The van der Waals surface area contributed by atoms with E-state index in [9.17, 15) is 53.1 Å². The maximum atomic E-state index is 13.5. The van der Waals surface area contributed by atoms with Gasteiger partial charge in [-0.3, -0.25) is 9.35 Å². The Morgan fingerprint density at radius 1 is 1.06 bits per heavy atom. The van der Waals surface area contributed by atoms with Crippen LogP contribution in [0.5, 0.6) is 0 Å². The summed E-state index contributed by atoms with van der Waals surface area (Å²) in [5.74, 6) is -16.4. The molecule has 0 aliphatic carbocycles. The average molecular weight is 507 g/mol. The lowest BCUT2D eigenvalue weighted by Crippen LogP contribution is -2.61. The van der Waals surface area contributed by atoms with E-state index in [1.54, 1.807) is 5.32 Å². The second-order valence-corrected chi connectivity index (χ2v) is 7.37. The van der Waals surface area contributed by atoms with Crippen LogP contribution in [0.15, 0.2) is 25.1 Å².